The molecule has 0 bridgehead atoms. The molecule has 28 heavy (non-hydrogen) atoms. The van der Waals surface area contributed by atoms with Gasteiger partial charge in [-0.2, -0.15) is 5.10 Å². The quantitative estimate of drug-likeness (QED) is 0.752. The van der Waals surface area contributed by atoms with E-state index < -0.39 is 11.7 Å². The predicted molar refractivity (Wildman–Crippen MR) is 103 cm³/mol. The van der Waals surface area contributed by atoms with E-state index in [1.54, 1.807) is 4.90 Å². The van der Waals surface area contributed by atoms with Gasteiger partial charge in [0.2, 0.25) is 0 Å². The van der Waals surface area contributed by atoms with Crippen LogP contribution in [0.2, 0.25) is 0 Å². The second kappa shape index (κ2) is 7.59. The number of H-pyrrole nitrogens is 1. The number of aromatic amines is 1. The summed E-state index contributed by atoms with van der Waals surface area (Å²) >= 11 is 0. The van der Waals surface area contributed by atoms with Crippen LogP contribution in [0.5, 0.6) is 0 Å². The fourth-order valence-electron chi connectivity index (χ4n) is 3.29. The van der Waals surface area contributed by atoms with Crippen LogP contribution >= 0.6 is 0 Å². The van der Waals surface area contributed by atoms with Crippen LogP contribution in [0, 0.1) is 5.82 Å². The van der Waals surface area contributed by atoms with E-state index in [4.69, 9.17) is 0 Å². The van der Waals surface area contributed by atoms with Crippen molar-refractivity contribution in [3.63, 3.8) is 0 Å². The topological polar surface area (TPSA) is 82.2 Å². The first-order chi connectivity index (χ1) is 13.6. The minimum absolute atomic E-state index is 0.168. The van der Waals surface area contributed by atoms with Gasteiger partial charge >= 0.3 is 0 Å². The number of nitrogens with one attached hydrogen (secondary N) is 1. The van der Waals surface area contributed by atoms with Gasteiger partial charge in [-0.3, -0.25) is 9.59 Å². The standard InChI is InChI=1S/C20H18FN5O2/c21-15-7-4-8-22-19(15)20(28)26-11-9-25(10-12-26)16-13-17(27)23-24-18(16)14-5-2-1-3-6-14/h1-8,13H,9-12H2,(H,23,27). The van der Waals surface area contributed by atoms with Gasteiger partial charge in [0.15, 0.2) is 11.5 Å². The number of pyridine rings is 1. The number of carbonyl (C=O) groups excluding carboxylic acids is 1. The Kier molecular flexibility index (Phi) is 4.84. The fourth-order valence-corrected chi connectivity index (χ4v) is 3.29. The maximum Gasteiger partial charge on any atom is 0.275 e. The zero-order chi connectivity index (χ0) is 19.5. The fraction of sp³-hybridized carbons (Fsp3) is 0.200. The zero-order valence-corrected chi connectivity index (χ0v) is 15.0. The molecule has 1 aliphatic heterocycles. The van der Waals surface area contributed by atoms with E-state index in [2.05, 4.69) is 15.2 Å². The maximum atomic E-state index is 13.9. The maximum absolute atomic E-state index is 13.9. The first-order valence-corrected chi connectivity index (χ1v) is 8.93. The minimum atomic E-state index is -0.625. The van der Waals surface area contributed by atoms with Crippen LogP contribution in [0.15, 0.2) is 59.5 Å². The Hall–Kier alpha value is -3.55. The second-order valence-corrected chi connectivity index (χ2v) is 6.45. The van der Waals surface area contributed by atoms with Crippen molar-refractivity contribution in [1.29, 1.82) is 0 Å². The van der Waals surface area contributed by atoms with Crippen molar-refractivity contribution >= 4 is 11.6 Å². The normalized spacial score (nSPS) is 14.2. The number of nitrogens with zero attached hydrogens (tertiary/aromatic N) is 4. The Morgan fingerprint density at radius 3 is 2.50 bits per heavy atom. The van der Waals surface area contributed by atoms with Crippen LogP contribution in [-0.2, 0) is 0 Å². The van der Waals surface area contributed by atoms with Gasteiger partial charge in [0, 0.05) is 44.0 Å². The van der Waals surface area contributed by atoms with Crippen molar-refractivity contribution in [2.75, 3.05) is 31.1 Å². The van der Waals surface area contributed by atoms with E-state index in [1.807, 2.05) is 35.2 Å². The average Bonchev–Trinajstić information content (AvgIpc) is 2.74. The van der Waals surface area contributed by atoms with Crippen molar-refractivity contribution in [1.82, 2.24) is 20.1 Å². The van der Waals surface area contributed by atoms with Gasteiger partial charge in [-0.1, -0.05) is 30.3 Å². The van der Waals surface area contributed by atoms with Crippen molar-refractivity contribution < 1.29 is 9.18 Å². The lowest BCUT2D eigenvalue weighted by molar-refractivity contribution is 0.0735. The molecule has 1 N–H and O–H groups in total. The molecule has 3 aromatic rings. The molecule has 0 saturated carbocycles. The summed E-state index contributed by atoms with van der Waals surface area (Å²) in [6, 6.07) is 13.8. The molecule has 0 spiro atoms. The molecule has 8 heteroatoms. The lowest BCUT2D eigenvalue weighted by Gasteiger charge is -2.36. The van der Waals surface area contributed by atoms with E-state index in [0.29, 0.717) is 37.6 Å². The van der Waals surface area contributed by atoms with Crippen molar-refractivity contribution in [2.24, 2.45) is 0 Å². The highest BCUT2D eigenvalue weighted by Crippen LogP contribution is 2.27. The summed E-state index contributed by atoms with van der Waals surface area (Å²) in [6.07, 6.45) is 1.40. The number of amides is 1. The molecule has 1 fully saturated rings. The van der Waals surface area contributed by atoms with Crippen LogP contribution in [-0.4, -0.2) is 52.2 Å². The molecule has 7 nitrogen and oxygen atoms in total. The van der Waals surface area contributed by atoms with Gasteiger partial charge in [-0.25, -0.2) is 14.5 Å². The highest BCUT2D eigenvalue weighted by atomic mass is 19.1. The third kappa shape index (κ3) is 3.48. The van der Waals surface area contributed by atoms with Gasteiger partial charge in [-0.15, -0.1) is 0 Å². The molecule has 1 aromatic carbocycles. The lowest BCUT2D eigenvalue weighted by Crippen LogP contribution is -2.49. The first-order valence-electron chi connectivity index (χ1n) is 8.93. The Morgan fingerprint density at radius 1 is 1.04 bits per heavy atom. The SMILES string of the molecule is O=C(c1ncccc1F)N1CCN(c2cc(=O)[nH]nc2-c2ccccc2)CC1. The Morgan fingerprint density at radius 2 is 1.79 bits per heavy atom. The number of rotatable bonds is 3. The number of hydrogen-bond acceptors (Lipinski definition) is 5. The van der Waals surface area contributed by atoms with Gasteiger partial charge < -0.3 is 9.80 Å². The number of hydrogen-bond donors (Lipinski definition) is 1. The van der Waals surface area contributed by atoms with E-state index in [9.17, 15) is 14.0 Å². The van der Waals surface area contributed by atoms with E-state index in [1.165, 1.54) is 24.4 Å². The van der Waals surface area contributed by atoms with Crippen molar-refractivity contribution in [2.45, 2.75) is 0 Å². The molecule has 2 aromatic heterocycles. The van der Waals surface area contributed by atoms with Crippen molar-refractivity contribution in [3.05, 3.63) is 76.6 Å². The summed E-state index contributed by atoms with van der Waals surface area (Å²) in [7, 11) is 0. The monoisotopic (exact) mass is 379 g/mol. The summed E-state index contributed by atoms with van der Waals surface area (Å²) in [5.74, 6) is -1.05. The third-order valence-electron chi connectivity index (χ3n) is 4.70. The smallest absolute Gasteiger partial charge is 0.275 e. The van der Waals surface area contributed by atoms with E-state index >= 15 is 0 Å². The van der Waals surface area contributed by atoms with Gasteiger partial charge in [0.05, 0.1) is 5.69 Å². The highest BCUT2D eigenvalue weighted by Gasteiger charge is 2.26. The average molecular weight is 379 g/mol. The third-order valence-corrected chi connectivity index (χ3v) is 4.70. The molecule has 4 rings (SSSR count). The largest absolute Gasteiger partial charge is 0.366 e. The summed E-state index contributed by atoms with van der Waals surface area (Å²) in [5, 5.41) is 6.70. The molecule has 1 aliphatic rings. The minimum Gasteiger partial charge on any atom is -0.366 e. The molecular formula is C20H18FN5O2. The molecule has 142 valence electrons. The van der Waals surface area contributed by atoms with Crippen LogP contribution in [0.25, 0.3) is 11.3 Å². The van der Waals surface area contributed by atoms with Gasteiger partial charge in [0.1, 0.15) is 5.69 Å². The second-order valence-electron chi connectivity index (χ2n) is 6.45. The molecule has 0 atom stereocenters. The number of carbonyl (C=O) groups is 1. The molecule has 0 aliphatic carbocycles. The summed E-state index contributed by atoms with van der Waals surface area (Å²) in [5.41, 5.74) is 1.83. The number of aromatic nitrogens is 3. The van der Waals surface area contributed by atoms with E-state index in [0.717, 1.165) is 5.56 Å². The summed E-state index contributed by atoms with van der Waals surface area (Å²) < 4.78 is 13.9. The summed E-state index contributed by atoms with van der Waals surface area (Å²) in [4.78, 5) is 31.8. The van der Waals surface area contributed by atoms with Crippen LogP contribution in [0.1, 0.15) is 10.5 Å². The Labute approximate surface area is 160 Å². The van der Waals surface area contributed by atoms with E-state index in [-0.39, 0.29) is 11.3 Å². The first kappa shape index (κ1) is 17.8. The molecular weight excluding hydrogens is 361 g/mol. The predicted octanol–water partition coefficient (Wildman–Crippen LogP) is 1.93. The van der Waals surface area contributed by atoms with Gasteiger partial charge in [-0.05, 0) is 12.1 Å². The molecule has 0 radical (unpaired) electrons. The van der Waals surface area contributed by atoms with Gasteiger partial charge in [0.25, 0.3) is 11.5 Å². The van der Waals surface area contributed by atoms with Crippen LogP contribution in [0.4, 0.5) is 10.1 Å². The van der Waals surface area contributed by atoms with Crippen molar-refractivity contribution in [3.8, 4) is 11.3 Å². The Bertz CT molecular complexity index is 1050. The van der Waals surface area contributed by atoms with Crippen LogP contribution < -0.4 is 10.5 Å². The zero-order valence-electron chi connectivity index (χ0n) is 15.0. The molecule has 3 heterocycles. The van der Waals surface area contributed by atoms with Crippen LogP contribution in [0.3, 0.4) is 0 Å². The summed E-state index contributed by atoms with van der Waals surface area (Å²) in [6.45, 7) is 1.81. The number of benzene rings is 1. The number of piperazine rings is 1. The molecule has 1 amide bonds. The lowest BCUT2D eigenvalue weighted by atomic mass is 10.1. The number of anilines is 1. The number of halogens is 1. The Balaban J connectivity index is 1.55. The highest BCUT2D eigenvalue weighted by molar-refractivity contribution is 5.92. The molecule has 0 unspecified atom stereocenters. The molecule has 1 saturated heterocycles.